The van der Waals surface area contributed by atoms with E-state index in [9.17, 15) is 9.18 Å². The molecule has 0 bridgehead atoms. The number of carbonyl (C=O) groups is 1. The van der Waals surface area contributed by atoms with Gasteiger partial charge in [-0.2, -0.15) is 0 Å². The Kier molecular flexibility index (Phi) is 7.65. The first-order valence-electron chi connectivity index (χ1n) is 12.6. The number of anilines is 1. The Hall–Kier alpha value is -2.10. The predicted molar refractivity (Wildman–Crippen MR) is 136 cm³/mol. The second-order valence-corrected chi connectivity index (χ2v) is 10.7. The molecule has 2 aromatic rings. The fourth-order valence-corrected chi connectivity index (χ4v) is 5.77. The first-order chi connectivity index (χ1) is 17.0. The number of alkyl halides is 1. The third-order valence-electron chi connectivity index (χ3n) is 7.54. The minimum absolute atomic E-state index is 0.105. The van der Waals surface area contributed by atoms with Gasteiger partial charge in [0.25, 0.3) is 0 Å². The zero-order valence-electron chi connectivity index (χ0n) is 20.1. The number of carbonyl (C=O) groups excluding carboxylic acids is 1. The van der Waals surface area contributed by atoms with Crippen molar-refractivity contribution in [3.63, 3.8) is 0 Å². The summed E-state index contributed by atoms with van der Waals surface area (Å²) < 4.78 is 20.9. The fraction of sp³-hybridized carbons (Fsp3) is 0.577. The summed E-state index contributed by atoms with van der Waals surface area (Å²) in [6.45, 7) is 6.79. The first kappa shape index (κ1) is 24.6. The predicted octanol–water partition coefficient (Wildman–Crippen LogP) is 3.96. The Morgan fingerprint density at radius 2 is 1.89 bits per heavy atom. The maximum atomic E-state index is 14.4. The largest absolute Gasteiger partial charge is 0.381 e. The summed E-state index contributed by atoms with van der Waals surface area (Å²) in [6.07, 6.45) is 2.87. The summed E-state index contributed by atoms with van der Waals surface area (Å²) in [5, 5.41) is 3.62. The highest BCUT2D eigenvalue weighted by atomic mass is 79.9. The van der Waals surface area contributed by atoms with Crippen molar-refractivity contribution in [3.8, 4) is 0 Å². The van der Waals surface area contributed by atoms with E-state index in [2.05, 4.69) is 36.1 Å². The third-order valence-corrected chi connectivity index (χ3v) is 8.07. The normalized spacial score (nSPS) is 23.9. The van der Waals surface area contributed by atoms with Crippen LogP contribution in [0.25, 0.3) is 0 Å². The first-order valence-corrected chi connectivity index (χ1v) is 13.4. The van der Waals surface area contributed by atoms with E-state index >= 15 is 0 Å². The number of rotatable bonds is 6. The molecule has 3 aliphatic rings. The smallest absolute Gasteiger partial charge is 0.231 e. The Morgan fingerprint density at radius 3 is 2.60 bits per heavy atom. The standard InChI is InChI=1S/C26H33BrFN5O2/c1-17-14-22(28)24-23(17)25(31-16-30-24)32-8-10-33(11-9-32)26(34)21(18-2-4-19(27)5-3-18)15-29-20-6-12-35-13-7-20/h2-5,16-17,20-22,29H,6-15H2,1H3/t17-,21?,22-/m1/s1. The number of ether oxygens (including phenoxy) is 1. The van der Waals surface area contributed by atoms with E-state index in [1.54, 1.807) is 0 Å². The summed E-state index contributed by atoms with van der Waals surface area (Å²) in [7, 11) is 0. The molecule has 1 unspecified atom stereocenters. The van der Waals surface area contributed by atoms with Gasteiger partial charge >= 0.3 is 0 Å². The molecule has 2 fully saturated rings. The highest BCUT2D eigenvalue weighted by Gasteiger charge is 2.36. The molecule has 9 heteroatoms. The minimum Gasteiger partial charge on any atom is -0.381 e. The van der Waals surface area contributed by atoms with Gasteiger partial charge in [-0.05, 0) is 42.9 Å². The summed E-state index contributed by atoms with van der Waals surface area (Å²) in [6, 6.07) is 8.45. The molecule has 188 valence electrons. The van der Waals surface area contributed by atoms with Crippen LogP contribution >= 0.6 is 15.9 Å². The molecule has 3 heterocycles. The number of benzene rings is 1. The third kappa shape index (κ3) is 5.37. The number of nitrogens with zero attached hydrogens (tertiary/aromatic N) is 4. The number of fused-ring (bicyclic) bond motifs is 1. The lowest BCUT2D eigenvalue weighted by Crippen LogP contribution is -2.51. The van der Waals surface area contributed by atoms with Gasteiger partial charge < -0.3 is 19.9 Å². The lowest BCUT2D eigenvalue weighted by Gasteiger charge is -2.38. The molecule has 0 radical (unpaired) electrons. The molecule has 2 aliphatic heterocycles. The van der Waals surface area contributed by atoms with Crippen LogP contribution in [0.2, 0.25) is 0 Å². The quantitative estimate of drug-likeness (QED) is 0.592. The molecular weight excluding hydrogens is 513 g/mol. The highest BCUT2D eigenvalue weighted by molar-refractivity contribution is 9.10. The Balaban J connectivity index is 1.27. The number of halogens is 2. The molecule has 1 aromatic heterocycles. The molecule has 0 saturated carbocycles. The van der Waals surface area contributed by atoms with E-state index in [1.165, 1.54) is 6.33 Å². The minimum atomic E-state index is -1.01. The van der Waals surface area contributed by atoms with E-state index in [4.69, 9.17) is 4.74 Å². The van der Waals surface area contributed by atoms with Gasteiger partial charge in [0.05, 0.1) is 11.6 Å². The molecule has 7 nitrogen and oxygen atoms in total. The van der Waals surface area contributed by atoms with Gasteiger partial charge in [-0.3, -0.25) is 4.79 Å². The van der Waals surface area contributed by atoms with Gasteiger partial charge in [0.15, 0.2) is 0 Å². The van der Waals surface area contributed by atoms with Crippen LogP contribution < -0.4 is 10.2 Å². The van der Waals surface area contributed by atoms with Crippen molar-refractivity contribution in [3.05, 3.63) is 51.9 Å². The van der Waals surface area contributed by atoms with Crippen molar-refractivity contribution >= 4 is 27.7 Å². The van der Waals surface area contributed by atoms with E-state index in [0.29, 0.717) is 50.9 Å². The molecule has 1 amide bonds. The second-order valence-electron chi connectivity index (χ2n) is 9.81. The molecule has 2 saturated heterocycles. The van der Waals surface area contributed by atoms with E-state index < -0.39 is 6.17 Å². The lowest BCUT2D eigenvalue weighted by molar-refractivity contribution is -0.133. The van der Waals surface area contributed by atoms with E-state index in [0.717, 1.165) is 47.5 Å². The van der Waals surface area contributed by atoms with Gasteiger partial charge in [0, 0.05) is 62.0 Å². The number of nitrogens with one attached hydrogen (secondary N) is 1. The van der Waals surface area contributed by atoms with Gasteiger partial charge in [-0.1, -0.05) is 35.0 Å². The highest BCUT2D eigenvalue weighted by Crippen LogP contribution is 2.44. The lowest BCUT2D eigenvalue weighted by atomic mass is 9.96. The van der Waals surface area contributed by atoms with Crippen molar-refractivity contribution in [1.82, 2.24) is 20.2 Å². The number of amides is 1. The van der Waals surface area contributed by atoms with Crippen molar-refractivity contribution < 1.29 is 13.9 Å². The van der Waals surface area contributed by atoms with Crippen molar-refractivity contribution in [2.75, 3.05) is 50.8 Å². The Morgan fingerprint density at radius 1 is 1.17 bits per heavy atom. The topological polar surface area (TPSA) is 70.6 Å². The van der Waals surface area contributed by atoms with Crippen molar-refractivity contribution in [1.29, 1.82) is 0 Å². The number of hydrogen-bond acceptors (Lipinski definition) is 6. The van der Waals surface area contributed by atoms with Gasteiger partial charge in [-0.25, -0.2) is 14.4 Å². The van der Waals surface area contributed by atoms with Crippen LogP contribution in [0.1, 0.15) is 61.0 Å². The van der Waals surface area contributed by atoms with Crippen LogP contribution in [0.15, 0.2) is 35.1 Å². The maximum absolute atomic E-state index is 14.4. The van der Waals surface area contributed by atoms with Crippen LogP contribution in [0, 0.1) is 0 Å². The molecule has 0 spiro atoms. The zero-order valence-corrected chi connectivity index (χ0v) is 21.7. The zero-order chi connectivity index (χ0) is 24.4. The molecule has 5 rings (SSSR count). The number of piperazine rings is 1. The van der Waals surface area contributed by atoms with E-state index in [-0.39, 0.29) is 17.7 Å². The van der Waals surface area contributed by atoms with Crippen LogP contribution in [-0.2, 0) is 9.53 Å². The van der Waals surface area contributed by atoms with Crippen molar-refractivity contribution in [2.24, 2.45) is 0 Å². The van der Waals surface area contributed by atoms with Gasteiger partial charge in [-0.15, -0.1) is 0 Å². The van der Waals surface area contributed by atoms with Crippen LogP contribution in [-0.4, -0.2) is 72.8 Å². The maximum Gasteiger partial charge on any atom is 0.231 e. The fourth-order valence-electron chi connectivity index (χ4n) is 5.50. The molecule has 3 atom stereocenters. The molecule has 1 aromatic carbocycles. The molecule has 1 aliphatic carbocycles. The summed E-state index contributed by atoms with van der Waals surface area (Å²) in [5.74, 6) is 0.846. The summed E-state index contributed by atoms with van der Waals surface area (Å²) in [4.78, 5) is 26.6. The van der Waals surface area contributed by atoms with Crippen LogP contribution in [0.3, 0.4) is 0 Å². The second kappa shape index (κ2) is 10.9. The summed E-state index contributed by atoms with van der Waals surface area (Å²) >= 11 is 3.50. The Labute approximate surface area is 214 Å². The monoisotopic (exact) mass is 545 g/mol. The van der Waals surface area contributed by atoms with Crippen molar-refractivity contribution in [2.45, 2.75) is 50.2 Å². The SMILES string of the molecule is C[C@@H]1C[C@@H](F)c2ncnc(N3CCN(C(=O)C(CNC4CCOCC4)c4ccc(Br)cc4)CC3)c21. The van der Waals surface area contributed by atoms with Crippen LogP contribution in [0.4, 0.5) is 10.2 Å². The van der Waals surface area contributed by atoms with Crippen LogP contribution in [0.5, 0.6) is 0 Å². The molecule has 1 N–H and O–H groups in total. The Bertz CT molecular complexity index is 1020. The average molecular weight is 546 g/mol. The number of hydrogen-bond donors (Lipinski definition) is 1. The average Bonchev–Trinajstić information content (AvgIpc) is 3.19. The molecular formula is C26H33BrFN5O2. The van der Waals surface area contributed by atoms with E-state index in [1.807, 2.05) is 36.1 Å². The van der Waals surface area contributed by atoms with Gasteiger partial charge in [0.2, 0.25) is 5.91 Å². The summed E-state index contributed by atoms with van der Waals surface area (Å²) in [5.41, 5.74) is 2.50. The molecule has 35 heavy (non-hydrogen) atoms. The number of aromatic nitrogens is 2. The van der Waals surface area contributed by atoms with Gasteiger partial charge in [0.1, 0.15) is 18.3 Å².